The molecule has 0 atom stereocenters. The second-order valence-corrected chi connectivity index (χ2v) is 5.75. The first kappa shape index (κ1) is 11.9. The van der Waals surface area contributed by atoms with Gasteiger partial charge in [0.15, 0.2) is 0 Å². The molecule has 1 nitrogen and oxygen atoms in total. The molecule has 0 aliphatic carbocycles. The highest BCUT2D eigenvalue weighted by Crippen LogP contribution is 2.31. The number of nitrogens with zero attached hydrogens (tertiary/aromatic N) is 1. The van der Waals surface area contributed by atoms with Crippen molar-refractivity contribution < 1.29 is 0 Å². The van der Waals surface area contributed by atoms with Crippen molar-refractivity contribution in [1.29, 1.82) is 0 Å². The second kappa shape index (κ2) is 4.82. The third-order valence-electron chi connectivity index (χ3n) is 2.82. The minimum atomic E-state index is 0.858. The molecule has 0 spiro atoms. The molecule has 0 aliphatic heterocycles. The van der Waals surface area contributed by atoms with Crippen LogP contribution in [-0.4, -0.2) is 4.98 Å². The van der Waals surface area contributed by atoms with Gasteiger partial charge < -0.3 is 0 Å². The number of benzene rings is 2. The quantitative estimate of drug-likeness (QED) is 0.526. The van der Waals surface area contributed by atoms with Crippen LogP contribution in [0.3, 0.4) is 0 Å². The Kier molecular flexibility index (Phi) is 3.18. The normalized spacial score (nSPS) is 10.8. The number of pyridine rings is 1. The summed E-state index contributed by atoms with van der Waals surface area (Å²) in [5.41, 5.74) is 3.38. The highest BCUT2D eigenvalue weighted by atomic mass is 79.9. The third-order valence-corrected chi connectivity index (χ3v) is 3.72. The Bertz CT molecular complexity index is 708. The lowest BCUT2D eigenvalue weighted by Gasteiger charge is -2.08. The zero-order chi connectivity index (χ0) is 12.5. The monoisotopic (exact) mass is 361 g/mol. The maximum atomic E-state index is 4.50. The van der Waals surface area contributed by atoms with Gasteiger partial charge >= 0.3 is 0 Å². The molecule has 0 radical (unpaired) electrons. The van der Waals surface area contributed by atoms with Gasteiger partial charge in [0.25, 0.3) is 0 Å². The van der Waals surface area contributed by atoms with E-state index in [1.165, 1.54) is 11.1 Å². The van der Waals surface area contributed by atoms with Crippen molar-refractivity contribution in [2.45, 2.75) is 0 Å². The molecule has 0 aliphatic rings. The van der Waals surface area contributed by atoms with Crippen molar-refractivity contribution in [2.24, 2.45) is 0 Å². The lowest BCUT2D eigenvalue weighted by Crippen LogP contribution is -1.86. The van der Waals surface area contributed by atoms with Crippen molar-refractivity contribution in [3.8, 4) is 11.1 Å². The van der Waals surface area contributed by atoms with E-state index in [9.17, 15) is 0 Å². The fourth-order valence-corrected chi connectivity index (χ4v) is 2.80. The number of rotatable bonds is 1. The average molecular weight is 363 g/mol. The summed E-state index contributed by atoms with van der Waals surface area (Å²) >= 11 is 6.99. The van der Waals surface area contributed by atoms with Crippen molar-refractivity contribution >= 4 is 42.8 Å². The molecule has 1 aromatic heterocycles. The van der Waals surface area contributed by atoms with Crippen LogP contribution in [0.4, 0.5) is 0 Å². The SMILES string of the molecule is Brc1ccc2nc(Br)cc(-c3ccccc3)c2c1. The van der Waals surface area contributed by atoms with E-state index >= 15 is 0 Å². The van der Waals surface area contributed by atoms with Crippen molar-refractivity contribution in [2.75, 3.05) is 0 Å². The first-order valence-electron chi connectivity index (χ1n) is 5.55. The Labute approximate surface area is 122 Å². The molecule has 2 aromatic carbocycles. The average Bonchev–Trinajstić information content (AvgIpc) is 2.39. The van der Waals surface area contributed by atoms with E-state index in [0.717, 1.165) is 20.0 Å². The zero-order valence-corrected chi connectivity index (χ0v) is 12.6. The van der Waals surface area contributed by atoms with Gasteiger partial charge in [-0.05, 0) is 51.3 Å². The predicted molar refractivity (Wildman–Crippen MR) is 82.6 cm³/mol. The van der Waals surface area contributed by atoms with Crippen molar-refractivity contribution in [3.63, 3.8) is 0 Å². The molecule has 0 saturated carbocycles. The molecule has 3 heteroatoms. The van der Waals surface area contributed by atoms with Crippen LogP contribution in [0.25, 0.3) is 22.0 Å². The first-order valence-corrected chi connectivity index (χ1v) is 7.14. The van der Waals surface area contributed by atoms with Gasteiger partial charge in [-0.25, -0.2) is 4.98 Å². The summed E-state index contributed by atoms with van der Waals surface area (Å²) in [6.45, 7) is 0. The van der Waals surface area contributed by atoms with Crippen LogP contribution in [0.15, 0.2) is 63.7 Å². The van der Waals surface area contributed by atoms with Gasteiger partial charge in [-0.1, -0.05) is 46.3 Å². The zero-order valence-electron chi connectivity index (χ0n) is 9.40. The molecule has 1 heterocycles. The van der Waals surface area contributed by atoms with E-state index in [0.29, 0.717) is 0 Å². The van der Waals surface area contributed by atoms with E-state index in [4.69, 9.17) is 0 Å². The van der Waals surface area contributed by atoms with Crippen molar-refractivity contribution in [3.05, 3.63) is 63.7 Å². The standard InChI is InChI=1S/C15H9Br2N/c16-11-6-7-14-13(8-11)12(9-15(17)18-14)10-4-2-1-3-5-10/h1-9H. The lowest BCUT2D eigenvalue weighted by molar-refractivity contribution is 1.35. The molecule has 3 aromatic rings. The maximum absolute atomic E-state index is 4.50. The largest absolute Gasteiger partial charge is 0.241 e. The Balaban J connectivity index is 2.37. The molecule has 18 heavy (non-hydrogen) atoms. The molecule has 3 rings (SSSR count). The van der Waals surface area contributed by atoms with Crippen LogP contribution < -0.4 is 0 Å². The van der Waals surface area contributed by atoms with Crippen LogP contribution in [0.2, 0.25) is 0 Å². The maximum Gasteiger partial charge on any atom is 0.107 e. The number of fused-ring (bicyclic) bond motifs is 1. The summed E-state index contributed by atoms with van der Waals surface area (Å²) in [6.07, 6.45) is 0. The summed E-state index contributed by atoms with van der Waals surface area (Å²) in [7, 11) is 0. The van der Waals surface area contributed by atoms with Gasteiger partial charge in [0.2, 0.25) is 0 Å². The summed E-state index contributed by atoms with van der Waals surface area (Å²) in [4.78, 5) is 4.50. The summed E-state index contributed by atoms with van der Waals surface area (Å²) in [5.74, 6) is 0. The van der Waals surface area contributed by atoms with Crippen LogP contribution in [0.1, 0.15) is 0 Å². The lowest BCUT2D eigenvalue weighted by atomic mass is 10.0. The molecule has 0 N–H and O–H groups in total. The number of hydrogen-bond acceptors (Lipinski definition) is 1. The first-order chi connectivity index (χ1) is 8.74. The minimum absolute atomic E-state index is 0.858. The van der Waals surface area contributed by atoms with E-state index < -0.39 is 0 Å². The summed E-state index contributed by atoms with van der Waals surface area (Å²) in [6, 6.07) is 18.6. The molecule has 0 saturated heterocycles. The van der Waals surface area contributed by atoms with E-state index in [-0.39, 0.29) is 0 Å². The topological polar surface area (TPSA) is 12.9 Å². The minimum Gasteiger partial charge on any atom is -0.241 e. The number of halogens is 2. The Hall–Kier alpha value is -1.19. The smallest absolute Gasteiger partial charge is 0.107 e. The Morgan fingerprint density at radius 1 is 0.833 bits per heavy atom. The van der Waals surface area contributed by atoms with E-state index in [1.54, 1.807) is 0 Å². The molecule has 0 fully saturated rings. The van der Waals surface area contributed by atoms with Crippen LogP contribution in [0.5, 0.6) is 0 Å². The van der Waals surface area contributed by atoms with Gasteiger partial charge in [-0.3, -0.25) is 0 Å². The molecule has 88 valence electrons. The predicted octanol–water partition coefficient (Wildman–Crippen LogP) is 5.43. The van der Waals surface area contributed by atoms with Gasteiger partial charge in [0, 0.05) is 9.86 Å². The fraction of sp³-hybridized carbons (Fsp3) is 0. The van der Waals surface area contributed by atoms with Gasteiger partial charge in [0.05, 0.1) is 5.52 Å². The van der Waals surface area contributed by atoms with E-state index in [2.05, 4.69) is 61.1 Å². The summed E-state index contributed by atoms with van der Waals surface area (Å²) in [5, 5.41) is 1.15. The van der Waals surface area contributed by atoms with Crippen LogP contribution in [0, 0.1) is 0 Å². The molecule has 0 unspecified atom stereocenters. The number of hydrogen-bond donors (Lipinski definition) is 0. The highest BCUT2D eigenvalue weighted by molar-refractivity contribution is 9.10. The Morgan fingerprint density at radius 3 is 2.39 bits per heavy atom. The van der Waals surface area contributed by atoms with Gasteiger partial charge in [-0.2, -0.15) is 0 Å². The van der Waals surface area contributed by atoms with E-state index in [1.807, 2.05) is 30.3 Å². The van der Waals surface area contributed by atoms with Gasteiger partial charge in [-0.15, -0.1) is 0 Å². The van der Waals surface area contributed by atoms with Crippen LogP contribution >= 0.6 is 31.9 Å². The highest BCUT2D eigenvalue weighted by Gasteiger charge is 2.07. The molecule has 0 amide bonds. The molecular weight excluding hydrogens is 354 g/mol. The van der Waals surface area contributed by atoms with Crippen LogP contribution in [-0.2, 0) is 0 Å². The molecular formula is C15H9Br2N. The number of aromatic nitrogens is 1. The molecule has 0 bridgehead atoms. The second-order valence-electron chi connectivity index (χ2n) is 4.02. The summed E-state index contributed by atoms with van der Waals surface area (Å²) < 4.78 is 1.92. The fourth-order valence-electron chi connectivity index (χ4n) is 2.02. The van der Waals surface area contributed by atoms with Crippen molar-refractivity contribution in [1.82, 2.24) is 4.98 Å². The third kappa shape index (κ3) is 2.20. The Morgan fingerprint density at radius 2 is 1.61 bits per heavy atom. The van der Waals surface area contributed by atoms with Gasteiger partial charge in [0.1, 0.15) is 4.60 Å².